The molecule has 0 unspecified atom stereocenters. The lowest BCUT2D eigenvalue weighted by Crippen LogP contribution is -2.14. The lowest BCUT2D eigenvalue weighted by Gasteiger charge is -2.20. The minimum atomic E-state index is 0.146. The van der Waals surface area contributed by atoms with Gasteiger partial charge in [0.05, 0.1) is 0 Å². The molecule has 0 aliphatic heterocycles. The fraction of sp³-hybridized carbons (Fsp3) is 0.778. The molecule has 3 rings (SSSR count). The monoisotopic (exact) mass is 320 g/mol. The molecule has 0 bridgehead atoms. The van der Waals surface area contributed by atoms with Crippen LogP contribution < -0.4 is 5.32 Å². The Hall–Kier alpha value is -0.900. The number of amides is 1. The fourth-order valence-electron chi connectivity index (χ4n) is 3.95. The van der Waals surface area contributed by atoms with Gasteiger partial charge in [-0.05, 0) is 24.7 Å². The number of hydrogen-bond donors (Lipinski definition) is 1. The van der Waals surface area contributed by atoms with Crippen LogP contribution in [-0.2, 0) is 11.2 Å². The Morgan fingerprint density at radius 1 is 1.09 bits per heavy atom. The van der Waals surface area contributed by atoms with Crippen molar-refractivity contribution in [3.8, 4) is 0 Å². The van der Waals surface area contributed by atoms with E-state index >= 15 is 0 Å². The van der Waals surface area contributed by atoms with Crippen LogP contribution in [-0.4, -0.2) is 10.9 Å². The van der Waals surface area contributed by atoms with Crippen molar-refractivity contribution in [3.05, 3.63) is 11.1 Å². The summed E-state index contributed by atoms with van der Waals surface area (Å²) in [6.45, 7) is 0. The highest BCUT2D eigenvalue weighted by Gasteiger charge is 2.18. The molecule has 1 aromatic heterocycles. The summed E-state index contributed by atoms with van der Waals surface area (Å²) in [5.41, 5.74) is 0. The van der Waals surface area contributed by atoms with Gasteiger partial charge in [-0.3, -0.25) is 4.79 Å². The molecule has 122 valence electrons. The van der Waals surface area contributed by atoms with Crippen LogP contribution in [0.3, 0.4) is 0 Å². The number of aromatic nitrogens is 1. The summed E-state index contributed by atoms with van der Waals surface area (Å²) in [5, 5.41) is 3.79. The smallest absolute Gasteiger partial charge is 0.226 e. The van der Waals surface area contributed by atoms with Gasteiger partial charge < -0.3 is 5.32 Å². The summed E-state index contributed by atoms with van der Waals surface area (Å²) >= 11 is 1.67. The molecular weight excluding hydrogens is 292 g/mol. The fourth-order valence-corrected chi connectivity index (χ4v) is 4.89. The second-order valence-electron chi connectivity index (χ2n) is 7.08. The topological polar surface area (TPSA) is 42.0 Å². The van der Waals surface area contributed by atoms with Crippen LogP contribution in [0.5, 0.6) is 0 Å². The summed E-state index contributed by atoms with van der Waals surface area (Å²) in [7, 11) is 0. The third kappa shape index (κ3) is 4.80. The second kappa shape index (κ2) is 8.09. The van der Waals surface area contributed by atoms with Gasteiger partial charge in [0.1, 0.15) is 0 Å². The number of anilines is 1. The highest BCUT2D eigenvalue weighted by molar-refractivity contribution is 7.15. The number of rotatable bonds is 6. The van der Waals surface area contributed by atoms with Gasteiger partial charge in [-0.25, -0.2) is 4.98 Å². The molecule has 2 aliphatic carbocycles. The normalized spacial score (nSPS) is 20.4. The zero-order valence-corrected chi connectivity index (χ0v) is 14.3. The van der Waals surface area contributed by atoms with Gasteiger partial charge in [0.15, 0.2) is 5.13 Å². The van der Waals surface area contributed by atoms with E-state index in [9.17, 15) is 4.79 Å². The molecule has 2 saturated carbocycles. The molecule has 2 aliphatic rings. The molecule has 4 heteroatoms. The Kier molecular flexibility index (Phi) is 5.88. The third-order valence-electron chi connectivity index (χ3n) is 5.27. The van der Waals surface area contributed by atoms with E-state index < -0.39 is 0 Å². The summed E-state index contributed by atoms with van der Waals surface area (Å²) in [4.78, 5) is 17.8. The summed E-state index contributed by atoms with van der Waals surface area (Å²) in [6, 6.07) is 0. The molecule has 22 heavy (non-hydrogen) atoms. The van der Waals surface area contributed by atoms with Crippen LogP contribution in [0.2, 0.25) is 0 Å². The first-order valence-corrected chi connectivity index (χ1v) is 9.86. The van der Waals surface area contributed by atoms with E-state index in [1.165, 1.54) is 62.7 Å². The molecule has 0 spiro atoms. The Morgan fingerprint density at radius 3 is 2.55 bits per heavy atom. The van der Waals surface area contributed by atoms with Crippen molar-refractivity contribution in [2.24, 2.45) is 11.8 Å². The summed E-state index contributed by atoms with van der Waals surface area (Å²) in [6.07, 6.45) is 17.0. The lowest BCUT2D eigenvalue weighted by atomic mass is 9.86. The van der Waals surface area contributed by atoms with Crippen LogP contribution in [0, 0.1) is 11.8 Å². The van der Waals surface area contributed by atoms with Gasteiger partial charge in [-0.2, -0.15) is 0 Å². The molecule has 1 heterocycles. The van der Waals surface area contributed by atoms with Crippen LogP contribution >= 0.6 is 11.3 Å². The van der Waals surface area contributed by atoms with Crippen LogP contribution in [0.15, 0.2) is 6.20 Å². The van der Waals surface area contributed by atoms with Crippen LogP contribution in [0.25, 0.3) is 0 Å². The first-order chi connectivity index (χ1) is 10.8. The minimum absolute atomic E-state index is 0.146. The van der Waals surface area contributed by atoms with Crippen LogP contribution in [0.4, 0.5) is 5.13 Å². The average Bonchev–Trinajstić information content (AvgIpc) is 3.19. The number of hydrogen-bond acceptors (Lipinski definition) is 3. The van der Waals surface area contributed by atoms with E-state index in [0.717, 1.165) is 29.8 Å². The maximum absolute atomic E-state index is 12.1. The van der Waals surface area contributed by atoms with Crippen molar-refractivity contribution in [2.45, 2.75) is 77.0 Å². The van der Waals surface area contributed by atoms with Crippen molar-refractivity contribution in [2.75, 3.05) is 5.32 Å². The predicted octanol–water partition coefficient (Wildman–Crippen LogP) is 5.17. The maximum atomic E-state index is 12.1. The van der Waals surface area contributed by atoms with Gasteiger partial charge >= 0.3 is 0 Å². The number of carbonyl (C=O) groups is 1. The third-order valence-corrected chi connectivity index (χ3v) is 6.20. The quantitative estimate of drug-likeness (QED) is 0.785. The van der Waals surface area contributed by atoms with Crippen molar-refractivity contribution in [1.82, 2.24) is 4.98 Å². The summed E-state index contributed by atoms with van der Waals surface area (Å²) < 4.78 is 0. The van der Waals surface area contributed by atoms with Gasteiger partial charge in [0.25, 0.3) is 0 Å². The number of nitrogens with zero attached hydrogens (tertiary/aromatic N) is 1. The van der Waals surface area contributed by atoms with Gasteiger partial charge in [-0.15, -0.1) is 11.3 Å². The molecular formula is C18H28N2OS. The second-order valence-corrected chi connectivity index (χ2v) is 8.19. The van der Waals surface area contributed by atoms with E-state index in [4.69, 9.17) is 0 Å². The van der Waals surface area contributed by atoms with Gasteiger partial charge in [0, 0.05) is 17.5 Å². The number of nitrogens with one attached hydrogen (secondary N) is 1. The highest BCUT2D eigenvalue weighted by atomic mass is 32.1. The van der Waals surface area contributed by atoms with Crippen molar-refractivity contribution in [3.63, 3.8) is 0 Å². The SMILES string of the molecule is O=C(CCC1CCCCC1)Nc1ncc(CC2CCCC2)s1. The Morgan fingerprint density at radius 2 is 1.77 bits per heavy atom. The molecule has 0 radical (unpaired) electrons. The molecule has 2 fully saturated rings. The standard InChI is InChI=1S/C18H28N2OS/c21-17(11-10-14-6-2-1-3-7-14)20-18-19-13-16(22-18)12-15-8-4-5-9-15/h13-15H,1-12H2,(H,19,20,21). The van der Waals surface area contributed by atoms with Crippen molar-refractivity contribution in [1.29, 1.82) is 0 Å². The van der Waals surface area contributed by atoms with E-state index in [-0.39, 0.29) is 5.91 Å². The maximum Gasteiger partial charge on any atom is 0.226 e. The number of thiazole rings is 1. The Labute approximate surface area is 137 Å². The molecule has 0 saturated heterocycles. The molecule has 1 aromatic rings. The van der Waals surface area contributed by atoms with E-state index in [1.807, 2.05) is 6.20 Å². The zero-order chi connectivity index (χ0) is 15.2. The molecule has 3 nitrogen and oxygen atoms in total. The van der Waals surface area contributed by atoms with Crippen molar-refractivity contribution < 1.29 is 4.79 Å². The largest absolute Gasteiger partial charge is 0.302 e. The van der Waals surface area contributed by atoms with Gasteiger partial charge in [-0.1, -0.05) is 57.8 Å². The van der Waals surface area contributed by atoms with E-state index in [0.29, 0.717) is 6.42 Å². The zero-order valence-electron chi connectivity index (χ0n) is 13.5. The van der Waals surface area contributed by atoms with Crippen molar-refractivity contribution >= 4 is 22.4 Å². The number of carbonyl (C=O) groups excluding carboxylic acids is 1. The lowest BCUT2D eigenvalue weighted by molar-refractivity contribution is -0.116. The van der Waals surface area contributed by atoms with E-state index in [1.54, 1.807) is 11.3 Å². The first kappa shape index (κ1) is 16.0. The molecule has 0 atom stereocenters. The molecule has 1 amide bonds. The average molecular weight is 321 g/mol. The predicted molar refractivity (Wildman–Crippen MR) is 92.2 cm³/mol. The van der Waals surface area contributed by atoms with Crippen LogP contribution in [0.1, 0.15) is 75.5 Å². The Bertz CT molecular complexity index is 473. The summed E-state index contributed by atoms with van der Waals surface area (Å²) in [5.74, 6) is 1.76. The Balaban J connectivity index is 1.40. The minimum Gasteiger partial charge on any atom is -0.302 e. The molecule has 0 aromatic carbocycles. The first-order valence-electron chi connectivity index (χ1n) is 9.04. The van der Waals surface area contributed by atoms with E-state index in [2.05, 4.69) is 10.3 Å². The molecule has 1 N–H and O–H groups in total. The highest BCUT2D eigenvalue weighted by Crippen LogP contribution is 2.31. The van der Waals surface area contributed by atoms with Gasteiger partial charge in [0.2, 0.25) is 5.91 Å².